The summed E-state index contributed by atoms with van der Waals surface area (Å²) in [5.41, 5.74) is 1.34. The highest BCUT2D eigenvalue weighted by Crippen LogP contribution is 2.20. The first kappa shape index (κ1) is 17.9. The Morgan fingerprint density at radius 2 is 2.12 bits per heavy atom. The van der Waals surface area contributed by atoms with Crippen molar-refractivity contribution in [3.05, 3.63) is 45.4 Å². The van der Waals surface area contributed by atoms with E-state index in [0.29, 0.717) is 31.0 Å². The lowest BCUT2D eigenvalue weighted by Crippen LogP contribution is -2.26. The summed E-state index contributed by atoms with van der Waals surface area (Å²) < 4.78 is 10.2. The number of nitrogens with one attached hydrogen (secondary N) is 1. The fourth-order valence-corrected chi connectivity index (χ4v) is 2.83. The van der Waals surface area contributed by atoms with Crippen LogP contribution in [0.2, 0.25) is 0 Å². The summed E-state index contributed by atoms with van der Waals surface area (Å²) in [6.07, 6.45) is 0.518. The van der Waals surface area contributed by atoms with E-state index in [0.717, 1.165) is 10.6 Å². The number of carbonyl (C=O) groups excluding carboxylic acids is 1. The molecule has 1 heterocycles. The van der Waals surface area contributed by atoms with Crippen LogP contribution in [-0.4, -0.2) is 42.7 Å². The van der Waals surface area contributed by atoms with Gasteiger partial charge in [-0.25, -0.2) is 9.78 Å². The molecule has 0 spiro atoms. The Morgan fingerprint density at radius 1 is 1.33 bits per heavy atom. The van der Waals surface area contributed by atoms with E-state index in [1.54, 1.807) is 18.6 Å². The van der Waals surface area contributed by atoms with Crippen LogP contribution in [0.4, 0.5) is 0 Å². The average Bonchev–Trinajstić information content (AvgIpc) is 3.04. The molecule has 0 aliphatic rings. The van der Waals surface area contributed by atoms with E-state index in [-0.39, 0.29) is 11.5 Å². The Hall–Kier alpha value is -2.45. The van der Waals surface area contributed by atoms with Crippen LogP contribution in [0.5, 0.6) is 5.75 Å². The molecule has 0 saturated heterocycles. The first-order valence-electron chi connectivity index (χ1n) is 7.17. The zero-order valence-corrected chi connectivity index (χ0v) is 14.2. The van der Waals surface area contributed by atoms with Crippen molar-refractivity contribution in [3.63, 3.8) is 0 Å². The molecule has 0 fully saturated rings. The lowest BCUT2D eigenvalue weighted by atomic mass is 10.1. The van der Waals surface area contributed by atoms with E-state index in [1.165, 1.54) is 30.6 Å². The van der Waals surface area contributed by atoms with Gasteiger partial charge in [0.2, 0.25) is 0 Å². The summed E-state index contributed by atoms with van der Waals surface area (Å²) in [5.74, 6) is -0.779. The van der Waals surface area contributed by atoms with E-state index in [9.17, 15) is 9.59 Å². The highest BCUT2D eigenvalue weighted by molar-refractivity contribution is 7.09. The maximum Gasteiger partial charge on any atom is 0.335 e. The fourth-order valence-electron chi connectivity index (χ4n) is 2.09. The van der Waals surface area contributed by atoms with Crippen LogP contribution in [0, 0.1) is 0 Å². The van der Waals surface area contributed by atoms with Crippen LogP contribution >= 0.6 is 11.3 Å². The third-order valence-electron chi connectivity index (χ3n) is 3.27. The van der Waals surface area contributed by atoms with E-state index in [2.05, 4.69) is 10.3 Å². The summed E-state index contributed by atoms with van der Waals surface area (Å²) in [6.45, 7) is 0.768. The zero-order valence-electron chi connectivity index (χ0n) is 13.4. The number of ether oxygens (including phenoxy) is 2. The van der Waals surface area contributed by atoms with Crippen molar-refractivity contribution in [2.24, 2.45) is 0 Å². The smallest absolute Gasteiger partial charge is 0.335 e. The number of benzene rings is 1. The number of carboxylic acid groups (broad SMARTS) is 1. The molecule has 2 rings (SSSR count). The Kier molecular flexibility index (Phi) is 6.28. The molecule has 0 bridgehead atoms. The van der Waals surface area contributed by atoms with Gasteiger partial charge < -0.3 is 19.9 Å². The third kappa shape index (κ3) is 4.53. The molecule has 24 heavy (non-hydrogen) atoms. The Labute approximate surface area is 143 Å². The number of methoxy groups -OCH3 is 2. The van der Waals surface area contributed by atoms with Gasteiger partial charge in [0.05, 0.1) is 19.3 Å². The van der Waals surface area contributed by atoms with E-state index in [1.807, 2.05) is 0 Å². The molecule has 0 unspecified atom stereocenters. The van der Waals surface area contributed by atoms with Crippen molar-refractivity contribution in [1.29, 1.82) is 0 Å². The molecule has 0 aliphatic carbocycles. The van der Waals surface area contributed by atoms with Crippen LogP contribution in [0.1, 0.15) is 31.4 Å². The van der Waals surface area contributed by atoms with Gasteiger partial charge in [-0.2, -0.15) is 0 Å². The molecule has 1 aromatic carbocycles. The number of carbonyl (C=O) groups is 2. The Morgan fingerprint density at radius 3 is 2.79 bits per heavy atom. The first-order chi connectivity index (χ1) is 11.5. The molecule has 1 amide bonds. The summed E-state index contributed by atoms with van der Waals surface area (Å²) in [5, 5.41) is 14.2. The van der Waals surface area contributed by atoms with Crippen molar-refractivity contribution in [2.45, 2.75) is 13.0 Å². The number of aromatic carboxylic acids is 1. The van der Waals surface area contributed by atoms with E-state index in [4.69, 9.17) is 14.6 Å². The molecule has 2 aromatic rings. The molecular formula is C16H18N2O5S. The third-order valence-corrected chi connectivity index (χ3v) is 4.09. The Balaban J connectivity index is 1.93. The topological polar surface area (TPSA) is 97.8 Å². The largest absolute Gasteiger partial charge is 0.496 e. The summed E-state index contributed by atoms with van der Waals surface area (Å²) in [4.78, 5) is 27.2. The predicted octanol–water partition coefficient (Wildman–Crippen LogP) is 1.97. The number of hydrogen-bond acceptors (Lipinski definition) is 6. The van der Waals surface area contributed by atoms with Crippen molar-refractivity contribution in [2.75, 3.05) is 20.8 Å². The zero-order chi connectivity index (χ0) is 17.5. The van der Waals surface area contributed by atoms with Gasteiger partial charge in [-0.15, -0.1) is 11.3 Å². The number of carboxylic acids is 1. The number of aromatic nitrogens is 1. The highest BCUT2D eigenvalue weighted by Gasteiger charge is 2.12. The van der Waals surface area contributed by atoms with Gasteiger partial charge in [-0.05, 0) is 24.1 Å². The van der Waals surface area contributed by atoms with Gasteiger partial charge in [-0.1, -0.05) is 6.07 Å². The minimum Gasteiger partial charge on any atom is -0.496 e. The second-order valence-corrected chi connectivity index (χ2v) is 5.84. The van der Waals surface area contributed by atoms with Gasteiger partial charge in [0.15, 0.2) is 0 Å². The summed E-state index contributed by atoms with van der Waals surface area (Å²) in [7, 11) is 3.06. The summed E-state index contributed by atoms with van der Waals surface area (Å²) >= 11 is 1.37. The molecule has 7 nitrogen and oxygen atoms in total. The van der Waals surface area contributed by atoms with Gasteiger partial charge in [0, 0.05) is 19.0 Å². The monoisotopic (exact) mass is 350 g/mol. The van der Waals surface area contributed by atoms with Crippen molar-refractivity contribution < 1.29 is 24.2 Å². The molecule has 0 aliphatic heterocycles. The number of amides is 1. The van der Waals surface area contributed by atoms with Crippen LogP contribution < -0.4 is 10.1 Å². The van der Waals surface area contributed by atoms with Crippen LogP contribution in [-0.2, 0) is 17.8 Å². The molecule has 128 valence electrons. The number of hydrogen-bond donors (Lipinski definition) is 2. The average molecular weight is 350 g/mol. The maximum absolute atomic E-state index is 12.0. The quantitative estimate of drug-likeness (QED) is 0.755. The van der Waals surface area contributed by atoms with Crippen molar-refractivity contribution >= 4 is 23.2 Å². The fraction of sp³-hybridized carbons (Fsp3) is 0.312. The van der Waals surface area contributed by atoms with Gasteiger partial charge in [0.1, 0.15) is 16.5 Å². The number of rotatable bonds is 8. The molecule has 0 atom stereocenters. The lowest BCUT2D eigenvalue weighted by molar-refractivity contribution is 0.0696. The van der Waals surface area contributed by atoms with Crippen LogP contribution in [0.3, 0.4) is 0 Å². The van der Waals surface area contributed by atoms with E-state index < -0.39 is 5.97 Å². The van der Waals surface area contributed by atoms with Gasteiger partial charge in [0.25, 0.3) is 5.91 Å². The molecule has 0 saturated carbocycles. The number of nitrogens with zero attached hydrogens (tertiary/aromatic N) is 1. The molecule has 2 N–H and O–H groups in total. The van der Waals surface area contributed by atoms with Crippen LogP contribution in [0.15, 0.2) is 23.6 Å². The lowest BCUT2D eigenvalue weighted by Gasteiger charge is -2.10. The first-order valence-corrected chi connectivity index (χ1v) is 8.05. The molecule has 0 radical (unpaired) electrons. The Bertz CT molecular complexity index is 729. The minimum atomic E-state index is -1.01. The van der Waals surface area contributed by atoms with Crippen molar-refractivity contribution in [3.8, 4) is 5.75 Å². The second kappa shape index (κ2) is 8.42. The number of thiazole rings is 1. The summed E-state index contributed by atoms with van der Waals surface area (Å²) in [6, 6.07) is 4.67. The normalized spacial score (nSPS) is 10.4. The second-order valence-electron chi connectivity index (χ2n) is 4.90. The van der Waals surface area contributed by atoms with E-state index >= 15 is 0 Å². The van der Waals surface area contributed by atoms with Gasteiger partial charge in [-0.3, -0.25) is 4.79 Å². The highest BCUT2D eigenvalue weighted by atomic mass is 32.1. The minimum absolute atomic E-state index is 0.160. The standard InChI is InChI=1S/C16H18N2O5S/c1-22-8-14-18-12(9-24-14)15(19)17-6-5-10-3-4-11(16(20)21)7-13(10)23-2/h3-4,7,9H,5-6,8H2,1-2H3,(H,17,19)(H,20,21). The molecule has 1 aromatic heterocycles. The van der Waals surface area contributed by atoms with Gasteiger partial charge >= 0.3 is 5.97 Å². The molecule has 8 heteroatoms. The predicted molar refractivity (Wildman–Crippen MR) is 88.8 cm³/mol. The molecular weight excluding hydrogens is 332 g/mol. The SMILES string of the molecule is COCc1nc(C(=O)NCCc2ccc(C(=O)O)cc2OC)cs1. The van der Waals surface area contributed by atoms with Crippen LogP contribution in [0.25, 0.3) is 0 Å². The maximum atomic E-state index is 12.0. The van der Waals surface area contributed by atoms with Crippen molar-refractivity contribution in [1.82, 2.24) is 10.3 Å².